The fourth-order valence-corrected chi connectivity index (χ4v) is 2.78. The van der Waals surface area contributed by atoms with Gasteiger partial charge in [-0.15, -0.1) is 0 Å². The Morgan fingerprint density at radius 2 is 2.00 bits per heavy atom. The number of hydrogen-bond donors (Lipinski definition) is 1. The molecule has 0 unspecified atom stereocenters. The van der Waals surface area contributed by atoms with Crippen LogP contribution in [0, 0.1) is 15.9 Å². The molecule has 0 aliphatic heterocycles. The molecule has 1 aromatic carbocycles. The minimum Gasteiger partial charge on any atom is -0.279 e. The highest BCUT2D eigenvalue weighted by molar-refractivity contribution is 7.92. The monoisotopic (exact) mass is 331 g/mol. The molecule has 7 nitrogen and oxygen atoms in total. The van der Waals surface area contributed by atoms with E-state index in [-0.39, 0.29) is 10.8 Å². The van der Waals surface area contributed by atoms with Gasteiger partial charge in [0.05, 0.1) is 16.7 Å². The first-order valence-corrected chi connectivity index (χ1v) is 7.24. The standard InChI is InChI=1S/C11H7ClFN3O4S/c12-11-5-7(3-4-14-11)15-21(19,20)10-2-1-8(16(17)18)6-9(10)13/h1-6H,(H,14,15). The van der Waals surface area contributed by atoms with Crippen LogP contribution in [-0.2, 0) is 10.0 Å². The molecule has 0 radical (unpaired) electrons. The molecule has 0 atom stereocenters. The predicted octanol–water partition coefficient (Wildman–Crippen LogP) is 2.58. The Labute approximate surface area is 123 Å². The van der Waals surface area contributed by atoms with E-state index in [0.29, 0.717) is 6.07 Å². The third-order valence-electron chi connectivity index (χ3n) is 2.39. The van der Waals surface area contributed by atoms with Crippen LogP contribution < -0.4 is 4.72 Å². The first kappa shape index (κ1) is 15.1. The molecule has 0 fully saturated rings. The van der Waals surface area contributed by atoms with Gasteiger partial charge in [0.2, 0.25) is 0 Å². The number of rotatable bonds is 4. The quantitative estimate of drug-likeness (QED) is 0.527. The number of nitrogens with one attached hydrogen (secondary N) is 1. The van der Waals surface area contributed by atoms with Gasteiger partial charge in [-0.3, -0.25) is 14.8 Å². The van der Waals surface area contributed by atoms with Crippen molar-refractivity contribution in [3.63, 3.8) is 0 Å². The lowest BCUT2D eigenvalue weighted by Gasteiger charge is -2.08. The fraction of sp³-hybridized carbons (Fsp3) is 0. The average molecular weight is 332 g/mol. The second-order valence-corrected chi connectivity index (χ2v) is 5.88. The Morgan fingerprint density at radius 1 is 1.29 bits per heavy atom. The van der Waals surface area contributed by atoms with Gasteiger partial charge in [-0.1, -0.05) is 11.6 Å². The normalized spacial score (nSPS) is 11.1. The number of hydrogen-bond acceptors (Lipinski definition) is 5. The summed E-state index contributed by atoms with van der Waals surface area (Å²) in [4.78, 5) is 12.6. The molecule has 21 heavy (non-hydrogen) atoms. The highest BCUT2D eigenvalue weighted by Crippen LogP contribution is 2.23. The van der Waals surface area contributed by atoms with Gasteiger partial charge < -0.3 is 0 Å². The lowest BCUT2D eigenvalue weighted by Crippen LogP contribution is -2.14. The van der Waals surface area contributed by atoms with Crippen LogP contribution in [0.25, 0.3) is 0 Å². The van der Waals surface area contributed by atoms with Gasteiger partial charge in [-0.2, -0.15) is 0 Å². The van der Waals surface area contributed by atoms with Crippen molar-refractivity contribution in [3.05, 3.63) is 57.6 Å². The molecule has 1 heterocycles. The Hall–Kier alpha value is -2.26. The molecule has 0 aliphatic rings. The van der Waals surface area contributed by atoms with Crippen LogP contribution in [0.5, 0.6) is 0 Å². The zero-order valence-corrected chi connectivity index (χ0v) is 11.7. The summed E-state index contributed by atoms with van der Waals surface area (Å²) in [6.45, 7) is 0. The van der Waals surface area contributed by atoms with Crippen molar-refractivity contribution < 1.29 is 17.7 Å². The van der Waals surface area contributed by atoms with E-state index in [9.17, 15) is 22.9 Å². The third kappa shape index (κ3) is 3.44. The summed E-state index contributed by atoms with van der Waals surface area (Å²) in [6, 6.07) is 4.82. The summed E-state index contributed by atoms with van der Waals surface area (Å²) in [6.07, 6.45) is 1.27. The second kappa shape index (κ2) is 5.62. The van der Waals surface area contributed by atoms with Crippen molar-refractivity contribution in [1.82, 2.24) is 4.98 Å². The first-order chi connectivity index (χ1) is 9.79. The minimum absolute atomic E-state index is 0.0550. The van der Waals surface area contributed by atoms with E-state index >= 15 is 0 Å². The number of nitro benzene ring substituents is 1. The maximum atomic E-state index is 13.7. The Balaban J connectivity index is 2.38. The Kier molecular flexibility index (Phi) is 4.05. The molecule has 10 heteroatoms. The van der Waals surface area contributed by atoms with Crippen LogP contribution in [0.3, 0.4) is 0 Å². The van der Waals surface area contributed by atoms with Crippen LogP contribution in [0.4, 0.5) is 15.8 Å². The van der Waals surface area contributed by atoms with Crippen molar-refractivity contribution in [2.75, 3.05) is 4.72 Å². The number of sulfonamides is 1. The van der Waals surface area contributed by atoms with E-state index in [4.69, 9.17) is 11.6 Å². The molecular weight excluding hydrogens is 325 g/mol. The van der Waals surface area contributed by atoms with Gasteiger partial charge in [0.1, 0.15) is 10.0 Å². The molecule has 0 amide bonds. The second-order valence-electron chi connectivity index (χ2n) is 3.84. The summed E-state index contributed by atoms with van der Waals surface area (Å²) >= 11 is 5.61. The number of benzene rings is 1. The number of anilines is 1. The fourth-order valence-electron chi connectivity index (χ4n) is 1.50. The van der Waals surface area contributed by atoms with E-state index in [2.05, 4.69) is 9.71 Å². The molecule has 0 saturated carbocycles. The van der Waals surface area contributed by atoms with Gasteiger partial charge >= 0.3 is 0 Å². The third-order valence-corrected chi connectivity index (χ3v) is 4.02. The molecule has 0 spiro atoms. The Bertz CT molecular complexity index is 813. The smallest absolute Gasteiger partial charge is 0.272 e. The molecule has 0 aliphatic carbocycles. The largest absolute Gasteiger partial charge is 0.279 e. The van der Waals surface area contributed by atoms with E-state index in [1.165, 1.54) is 18.3 Å². The first-order valence-electron chi connectivity index (χ1n) is 5.38. The summed E-state index contributed by atoms with van der Waals surface area (Å²) in [7, 11) is -4.24. The van der Waals surface area contributed by atoms with Crippen LogP contribution in [0.2, 0.25) is 5.15 Å². The number of non-ortho nitro benzene ring substituents is 1. The lowest BCUT2D eigenvalue weighted by atomic mass is 10.3. The van der Waals surface area contributed by atoms with Gasteiger partial charge in [0, 0.05) is 12.3 Å². The number of pyridine rings is 1. The molecule has 1 N–H and O–H groups in total. The minimum atomic E-state index is -4.24. The van der Waals surface area contributed by atoms with Crippen LogP contribution in [-0.4, -0.2) is 18.3 Å². The molecule has 2 rings (SSSR count). The van der Waals surface area contributed by atoms with Crippen LogP contribution >= 0.6 is 11.6 Å². The van der Waals surface area contributed by atoms with E-state index in [1.807, 2.05) is 0 Å². The molecule has 1 aromatic heterocycles. The summed E-state index contributed by atoms with van der Waals surface area (Å²) in [5.74, 6) is -1.23. The van der Waals surface area contributed by atoms with Gasteiger partial charge in [0.15, 0.2) is 5.82 Å². The van der Waals surface area contributed by atoms with E-state index in [0.717, 1.165) is 12.1 Å². The van der Waals surface area contributed by atoms with Crippen LogP contribution in [0.1, 0.15) is 0 Å². The molecule has 2 aromatic rings. The maximum absolute atomic E-state index is 13.7. The highest BCUT2D eigenvalue weighted by atomic mass is 35.5. The molecule has 0 bridgehead atoms. The summed E-state index contributed by atoms with van der Waals surface area (Å²) in [5.41, 5.74) is -0.453. The van der Waals surface area contributed by atoms with Crippen molar-refractivity contribution in [2.45, 2.75) is 4.90 Å². The van der Waals surface area contributed by atoms with Crippen molar-refractivity contribution >= 4 is 33.0 Å². The van der Waals surface area contributed by atoms with E-state index < -0.39 is 31.3 Å². The van der Waals surface area contributed by atoms with Crippen molar-refractivity contribution in [2.24, 2.45) is 0 Å². The topological polar surface area (TPSA) is 102 Å². The SMILES string of the molecule is O=[N+]([O-])c1ccc(S(=O)(=O)Nc2ccnc(Cl)c2)c(F)c1. The highest BCUT2D eigenvalue weighted by Gasteiger charge is 2.22. The number of nitro groups is 1. The number of halogens is 2. The van der Waals surface area contributed by atoms with E-state index in [1.54, 1.807) is 0 Å². The van der Waals surface area contributed by atoms with Crippen LogP contribution in [0.15, 0.2) is 41.4 Å². The average Bonchev–Trinajstić information content (AvgIpc) is 2.37. The van der Waals surface area contributed by atoms with Crippen molar-refractivity contribution in [3.8, 4) is 0 Å². The van der Waals surface area contributed by atoms with Gasteiger partial charge in [-0.25, -0.2) is 17.8 Å². The molecular formula is C11H7ClFN3O4S. The zero-order chi connectivity index (χ0) is 15.6. The Morgan fingerprint density at radius 3 is 2.57 bits per heavy atom. The predicted molar refractivity (Wildman–Crippen MR) is 73.1 cm³/mol. The van der Waals surface area contributed by atoms with Gasteiger partial charge in [-0.05, 0) is 18.2 Å². The summed E-state index contributed by atoms with van der Waals surface area (Å²) in [5, 5.41) is 10.5. The molecule has 0 saturated heterocycles. The number of nitrogens with zero attached hydrogens (tertiary/aromatic N) is 2. The number of aromatic nitrogens is 1. The lowest BCUT2D eigenvalue weighted by molar-refractivity contribution is -0.385. The zero-order valence-electron chi connectivity index (χ0n) is 10.2. The maximum Gasteiger partial charge on any atom is 0.272 e. The summed E-state index contributed by atoms with van der Waals surface area (Å²) < 4.78 is 39.9. The van der Waals surface area contributed by atoms with Crippen molar-refractivity contribution in [1.29, 1.82) is 0 Å². The van der Waals surface area contributed by atoms with Gasteiger partial charge in [0.25, 0.3) is 15.7 Å². The molecule has 110 valence electrons.